The minimum absolute atomic E-state index is 0.583. The van der Waals surface area contributed by atoms with Crippen LogP contribution >= 0.6 is 0 Å². The predicted molar refractivity (Wildman–Crippen MR) is 84.0 cm³/mol. The van der Waals surface area contributed by atoms with Gasteiger partial charge in [-0.15, -0.1) is 0 Å². The van der Waals surface area contributed by atoms with E-state index < -0.39 is 0 Å². The van der Waals surface area contributed by atoms with Gasteiger partial charge in [0, 0.05) is 23.8 Å². The summed E-state index contributed by atoms with van der Waals surface area (Å²) in [7, 11) is 0. The van der Waals surface area contributed by atoms with Crippen molar-refractivity contribution in [3.8, 4) is 11.6 Å². The van der Waals surface area contributed by atoms with Crippen molar-refractivity contribution in [1.82, 2.24) is 25.3 Å². The van der Waals surface area contributed by atoms with Crippen LogP contribution in [0.1, 0.15) is 36.7 Å². The highest BCUT2D eigenvalue weighted by Crippen LogP contribution is 2.16. The average Bonchev–Trinajstić information content (AvgIpc) is 2.50. The number of rotatable bonds is 7. The third kappa shape index (κ3) is 4.29. The van der Waals surface area contributed by atoms with E-state index in [2.05, 4.69) is 32.2 Å². The second-order valence-electron chi connectivity index (χ2n) is 5.12. The van der Waals surface area contributed by atoms with Crippen LogP contribution in [0.4, 0.5) is 0 Å². The quantitative estimate of drug-likeness (QED) is 0.792. The van der Waals surface area contributed by atoms with Gasteiger partial charge in [-0.05, 0) is 57.8 Å². The summed E-state index contributed by atoms with van der Waals surface area (Å²) in [6.45, 7) is 8.38. The summed E-state index contributed by atoms with van der Waals surface area (Å²) < 4.78 is 0. The molecule has 5 nitrogen and oxygen atoms in total. The van der Waals surface area contributed by atoms with E-state index in [0.717, 1.165) is 37.3 Å². The van der Waals surface area contributed by atoms with Crippen LogP contribution in [0.3, 0.4) is 0 Å². The van der Waals surface area contributed by atoms with Gasteiger partial charge < -0.3 is 5.32 Å². The Kier molecular flexibility index (Phi) is 5.75. The standard InChI is InChI=1S/C16H23N5/c1-4-8-17-9-5-7-14-12(2)20-16(21-13(14)3)15-18-10-6-11-19-15/h6,10-11,17H,4-5,7-9H2,1-3H3. The highest BCUT2D eigenvalue weighted by Gasteiger charge is 2.11. The van der Waals surface area contributed by atoms with Crippen LogP contribution in [0.5, 0.6) is 0 Å². The summed E-state index contributed by atoms with van der Waals surface area (Å²) >= 11 is 0. The molecule has 0 aliphatic heterocycles. The number of aromatic nitrogens is 4. The molecule has 5 heteroatoms. The van der Waals surface area contributed by atoms with Crippen LogP contribution < -0.4 is 5.32 Å². The molecule has 2 heterocycles. The molecule has 0 amide bonds. The van der Waals surface area contributed by atoms with E-state index >= 15 is 0 Å². The van der Waals surface area contributed by atoms with E-state index in [1.807, 2.05) is 13.8 Å². The summed E-state index contributed by atoms with van der Waals surface area (Å²) in [4.78, 5) is 17.5. The maximum atomic E-state index is 4.56. The molecule has 0 unspecified atom stereocenters. The molecule has 0 saturated heterocycles. The summed E-state index contributed by atoms with van der Waals surface area (Å²) in [6.07, 6.45) is 6.71. The highest BCUT2D eigenvalue weighted by atomic mass is 15.0. The maximum Gasteiger partial charge on any atom is 0.198 e. The number of aryl methyl sites for hydroxylation is 2. The molecule has 0 saturated carbocycles. The van der Waals surface area contributed by atoms with E-state index in [4.69, 9.17) is 0 Å². The summed E-state index contributed by atoms with van der Waals surface area (Å²) in [6, 6.07) is 1.79. The topological polar surface area (TPSA) is 63.6 Å². The van der Waals surface area contributed by atoms with Gasteiger partial charge in [0.05, 0.1) is 0 Å². The van der Waals surface area contributed by atoms with Crippen LogP contribution in [0.25, 0.3) is 11.6 Å². The fraction of sp³-hybridized carbons (Fsp3) is 0.500. The molecule has 0 fully saturated rings. The Balaban J connectivity index is 2.07. The van der Waals surface area contributed by atoms with Gasteiger partial charge in [0.1, 0.15) is 0 Å². The molecule has 0 aromatic carbocycles. The molecule has 2 aromatic heterocycles. The van der Waals surface area contributed by atoms with E-state index in [0.29, 0.717) is 11.6 Å². The number of hydrogen-bond acceptors (Lipinski definition) is 5. The molecule has 0 aliphatic carbocycles. The van der Waals surface area contributed by atoms with Crippen molar-refractivity contribution >= 4 is 0 Å². The second-order valence-corrected chi connectivity index (χ2v) is 5.12. The van der Waals surface area contributed by atoms with Crippen molar-refractivity contribution in [2.75, 3.05) is 13.1 Å². The Morgan fingerprint density at radius 1 is 0.952 bits per heavy atom. The molecule has 0 spiro atoms. The van der Waals surface area contributed by atoms with Gasteiger partial charge in [-0.3, -0.25) is 0 Å². The van der Waals surface area contributed by atoms with E-state index in [9.17, 15) is 0 Å². The first-order valence-corrected chi connectivity index (χ1v) is 7.54. The van der Waals surface area contributed by atoms with Gasteiger partial charge in [-0.1, -0.05) is 6.92 Å². The third-order valence-corrected chi connectivity index (χ3v) is 3.39. The Morgan fingerprint density at radius 2 is 1.62 bits per heavy atom. The lowest BCUT2D eigenvalue weighted by Gasteiger charge is -2.10. The van der Waals surface area contributed by atoms with Gasteiger partial charge >= 0.3 is 0 Å². The maximum absolute atomic E-state index is 4.56. The molecule has 0 bridgehead atoms. The third-order valence-electron chi connectivity index (χ3n) is 3.39. The molecule has 1 N–H and O–H groups in total. The first-order valence-electron chi connectivity index (χ1n) is 7.54. The normalized spacial score (nSPS) is 10.8. The monoisotopic (exact) mass is 285 g/mol. The zero-order valence-electron chi connectivity index (χ0n) is 13.1. The Hall–Kier alpha value is -1.88. The Labute approximate surface area is 126 Å². The van der Waals surface area contributed by atoms with E-state index in [1.54, 1.807) is 18.5 Å². The summed E-state index contributed by atoms with van der Waals surface area (Å²) in [5.41, 5.74) is 3.30. The molecule has 112 valence electrons. The lowest BCUT2D eigenvalue weighted by atomic mass is 10.1. The minimum atomic E-state index is 0.583. The van der Waals surface area contributed by atoms with Crippen molar-refractivity contribution in [1.29, 1.82) is 0 Å². The van der Waals surface area contributed by atoms with Gasteiger partial charge in [0.15, 0.2) is 11.6 Å². The molecule has 2 aromatic rings. The van der Waals surface area contributed by atoms with Crippen LogP contribution in [-0.4, -0.2) is 33.0 Å². The van der Waals surface area contributed by atoms with Crippen molar-refractivity contribution < 1.29 is 0 Å². The minimum Gasteiger partial charge on any atom is -0.317 e. The highest BCUT2D eigenvalue weighted by molar-refractivity contribution is 5.44. The zero-order valence-corrected chi connectivity index (χ0v) is 13.1. The van der Waals surface area contributed by atoms with Gasteiger partial charge in [-0.25, -0.2) is 19.9 Å². The average molecular weight is 285 g/mol. The first-order chi connectivity index (χ1) is 10.2. The van der Waals surface area contributed by atoms with Crippen LogP contribution in [-0.2, 0) is 6.42 Å². The summed E-state index contributed by atoms with van der Waals surface area (Å²) in [5.74, 6) is 1.19. The molecular weight excluding hydrogens is 262 g/mol. The summed E-state index contributed by atoms with van der Waals surface area (Å²) in [5, 5.41) is 3.42. The molecule has 0 radical (unpaired) electrons. The molecule has 0 aliphatic rings. The van der Waals surface area contributed by atoms with Crippen LogP contribution in [0.15, 0.2) is 18.5 Å². The van der Waals surface area contributed by atoms with Crippen molar-refractivity contribution in [2.24, 2.45) is 0 Å². The van der Waals surface area contributed by atoms with Crippen molar-refractivity contribution in [3.63, 3.8) is 0 Å². The van der Waals surface area contributed by atoms with E-state index in [1.165, 1.54) is 12.0 Å². The van der Waals surface area contributed by atoms with Crippen molar-refractivity contribution in [2.45, 2.75) is 40.0 Å². The van der Waals surface area contributed by atoms with Crippen LogP contribution in [0.2, 0.25) is 0 Å². The van der Waals surface area contributed by atoms with Crippen molar-refractivity contribution in [3.05, 3.63) is 35.4 Å². The fourth-order valence-electron chi connectivity index (χ4n) is 2.31. The largest absolute Gasteiger partial charge is 0.317 e. The smallest absolute Gasteiger partial charge is 0.198 e. The second kappa shape index (κ2) is 7.78. The SMILES string of the molecule is CCCNCCCc1c(C)nc(-c2ncccn2)nc1C. The van der Waals surface area contributed by atoms with Crippen LogP contribution in [0, 0.1) is 13.8 Å². The lowest BCUT2D eigenvalue weighted by Crippen LogP contribution is -2.17. The molecule has 21 heavy (non-hydrogen) atoms. The molecule has 2 rings (SSSR count). The molecular formula is C16H23N5. The first kappa shape index (κ1) is 15.5. The van der Waals surface area contributed by atoms with Gasteiger partial charge in [-0.2, -0.15) is 0 Å². The predicted octanol–water partition coefficient (Wildman–Crippen LogP) is 2.48. The number of nitrogens with one attached hydrogen (secondary N) is 1. The van der Waals surface area contributed by atoms with E-state index in [-0.39, 0.29) is 0 Å². The van der Waals surface area contributed by atoms with Gasteiger partial charge in [0.25, 0.3) is 0 Å². The Morgan fingerprint density at radius 3 is 2.24 bits per heavy atom. The Bertz CT molecular complexity index is 545. The lowest BCUT2D eigenvalue weighted by molar-refractivity contribution is 0.636. The number of nitrogens with zero attached hydrogens (tertiary/aromatic N) is 4. The van der Waals surface area contributed by atoms with Gasteiger partial charge in [0.2, 0.25) is 0 Å². The zero-order chi connectivity index (χ0) is 15.1. The molecule has 0 atom stereocenters. The number of hydrogen-bond donors (Lipinski definition) is 1. The fourth-order valence-corrected chi connectivity index (χ4v) is 2.31.